The topological polar surface area (TPSA) is 107 Å². The smallest absolute Gasteiger partial charge is 0.242 e. The van der Waals surface area contributed by atoms with E-state index in [1.165, 1.54) is 20.4 Å². The molecule has 10 heteroatoms. The van der Waals surface area contributed by atoms with Crippen molar-refractivity contribution in [2.24, 2.45) is 0 Å². The molecule has 0 unspecified atom stereocenters. The zero-order valence-electron chi connectivity index (χ0n) is 20.5. The predicted molar refractivity (Wildman–Crippen MR) is 137 cm³/mol. The summed E-state index contributed by atoms with van der Waals surface area (Å²) in [5.41, 5.74) is 1.03. The summed E-state index contributed by atoms with van der Waals surface area (Å²) in [7, 11) is -1.02. The predicted octanol–water partition coefficient (Wildman–Crippen LogP) is 3.47. The number of anilines is 1. The summed E-state index contributed by atoms with van der Waals surface area (Å²) in [6, 6.07) is 11.8. The number of para-hydroxylation sites is 1. The van der Waals surface area contributed by atoms with Crippen LogP contribution >= 0.6 is 0 Å². The standard InChI is InChI=1S/C26H31N3O6S/c1-34-22-12-11-19(15-23(22)35-2)27-25(30)18-36(32,33)24-16-29(21-10-6-5-9-20(21)24)17-26(31)28-13-7-3-4-8-14-28/h5-6,9-12,15-16H,3-4,7-8,13-14,17-18H2,1-2H3,(H,27,30). The van der Waals surface area contributed by atoms with Gasteiger partial charge in [0, 0.05) is 41.9 Å². The number of rotatable bonds is 8. The van der Waals surface area contributed by atoms with E-state index in [2.05, 4.69) is 5.32 Å². The molecule has 1 saturated heterocycles. The van der Waals surface area contributed by atoms with Crippen LogP contribution in [0, 0.1) is 0 Å². The molecular weight excluding hydrogens is 482 g/mol. The van der Waals surface area contributed by atoms with Gasteiger partial charge in [-0.3, -0.25) is 9.59 Å². The highest BCUT2D eigenvalue weighted by molar-refractivity contribution is 7.92. The van der Waals surface area contributed by atoms with Crippen LogP contribution in [0.2, 0.25) is 0 Å². The Hall–Kier alpha value is -3.53. The number of amides is 2. The Morgan fingerprint density at radius 3 is 2.33 bits per heavy atom. The van der Waals surface area contributed by atoms with Gasteiger partial charge in [0.25, 0.3) is 0 Å². The van der Waals surface area contributed by atoms with E-state index in [1.54, 1.807) is 47.0 Å². The number of sulfone groups is 1. The number of fused-ring (bicyclic) bond motifs is 1. The molecule has 3 aromatic rings. The average molecular weight is 514 g/mol. The third-order valence-corrected chi connectivity index (χ3v) is 7.98. The number of ether oxygens (including phenoxy) is 2. The number of hydrogen-bond acceptors (Lipinski definition) is 6. The lowest BCUT2D eigenvalue weighted by atomic mass is 10.2. The Labute approximate surface area is 210 Å². The molecule has 0 spiro atoms. The van der Waals surface area contributed by atoms with E-state index < -0.39 is 21.5 Å². The molecule has 2 heterocycles. The Bertz CT molecular complexity index is 1360. The summed E-state index contributed by atoms with van der Waals surface area (Å²) in [5.74, 6) is -0.552. The minimum Gasteiger partial charge on any atom is -0.493 e. The summed E-state index contributed by atoms with van der Waals surface area (Å²) >= 11 is 0. The largest absolute Gasteiger partial charge is 0.493 e. The molecule has 0 aliphatic carbocycles. The molecular formula is C26H31N3O6S. The van der Waals surface area contributed by atoms with Gasteiger partial charge in [-0.05, 0) is 31.0 Å². The number of nitrogens with one attached hydrogen (secondary N) is 1. The number of nitrogens with zero attached hydrogens (tertiary/aromatic N) is 2. The SMILES string of the molecule is COc1ccc(NC(=O)CS(=O)(=O)c2cn(CC(=O)N3CCCCCC3)c3ccccc23)cc1OC. The van der Waals surface area contributed by atoms with Gasteiger partial charge in [0.1, 0.15) is 12.3 Å². The Balaban J connectivity index is 1.54. The number of carbonyl (C=O) groups is 2. The van der Waals surface area contributed by atoms with Gasteiger partial charge in [0.05, 0.1) is 19.1 Å². The molecule has 1 N–H and O–H groups in total. The van der Waals surface area contributed by atoms with Crippen LogP contribution in [-0.4, -0.2) is 62.8 Å². The molecule has 1 fully saturated rings. The van der Waals surface area contributed by atoms with Crippen LogP contribution in [0.4, 0.5) is 5.69 Å². The number of hydrogen-bond donors (Lipinski definition) is 1. The second kappa shape index (κ2) is 11.0. The first-order valence-electron chi connectivity index (χ1n) is 11.9. The van der Waals surface area contributed by atoms with Crippen LogP contribution in [0.3, 0.4) is 0 Å². The maximum atomic E-state index is 13.3. The quantitative estimate of drug-likeness (QED) is 0.494. The maximum Gasteiger partial charge on any atom is 0.242 e. The summed E-state index contributed by atoms with van der Waals surface area (Å²) in [5, 5.41) is 3.09. The van der Waals surface area contributed by atoms with E-state index in [4.69, 9.17) is 9.47 Å². The fourth-order valence-electron chi connectivity index (χ4n) is 4.52. The van der Waals surface area contributed by atoms with Gasteiger partial charge in [-0.15, -0.1) is 0 Å². The normalized spacial score (nSPS) is 14.3. The maximum absolute atomic E-state index is 13.3. The van der Waals surface area contributed by atoms with E-state index in [9.17, 15) is 18.0 Å². The van der Waals surface area contributed by atoms with Crippen LogP contribution < -0.4 is 14.8 Å². The molecule has 36 heavy (non-hydrogen) atoms. The second-order valence-corrected chi connectivity index (χ2v) is 10.8. The van der Waals surface area contributed by atoms with Gasteiger partial charge in [0.15, 0.2) is 21.3 Å². The number of carbonyl (C=O) groups excluding carboxylic acids is 2. The summed E-state index contributed by atoms with van der Waals surface area (Å²) < 4.78 is 38.7. The van der Waals surface area contributed by atoms with Crippen molar-refractivity contribution in [3.05, 3.63) is 48.7 Å². The number of methoxy groups -OCH3 is 2. The summed E-state index contributed by atoms with van der Waals surface area (Å²) in [6.07, 6.45) is 5.66. The van der Waals surface area contributed by atoms with E-state index in [0.717, 1.165) is 38.8 Å². The van der Waals surface area contributed by atoms with E-state index >= 15 is 0 Å². The van der Waals surface area contributed by atoms with Crippen molar-refractivity contribution in [3.63, 3.8) is 0 Å². The zero-order valence-corrected chi connectivity index (χ0v) is 21.3. The molecule has 4 rings (SSSR count). The lowest BCUT2D eigenvalue weighted by Crippen LogP contribution is -2.34. The highest BCUT2D eigenvalue weighted by Crippen LogP contribution is 2.30. The fourth-order valence-corrected chi connectivity index (χ4v) is 5.89. The lowest BCUT2D eigenvalue weighted by Gasteiger charge is -2.20. The molecule has 1 aliphatic rings. The molecule has 0 radical (unpaired) electrons. The first-order chi connectivity index (χ1) is 17.3. The van der Waals surface area contributed by atoms with E-state index in [0.29, 0.717) is 28.1 Å². The average Bonchev–Trinajstić information content (AvgIpc) is 3.03. The Morgan fingerprint density at radius 1 is 0.944 bits per heavy atom. The minimum atomic E-state index is -3.99. The second-order valence-electron chi connectivity index (χ2n) is 8.81. The third kappa shape index (κ3) is 5.64. The van der Waals surface area contributed by atoms with Crippen molar-refractivity contribution in [2.75, 3.05) is 38.4 Å². The molecule has 2 amide bonds. The summed E-state index contributed by atoms with van der Waals surface area (Å²) in [6.45, 7) is 1.49. The van der Waals surface area contributed by atoms with Crippen molar-refractivity contribution >= 4 is 38.2 Å². The monoisotopic (exact) mass is 513 g/mol. The number of likely N-dealkylation sites (tertiary alicyclic amines) is 1. The lowest BCUT2D eigenvalue weighted by molar-refractivity contribution is -0.131. The van der Waals surface area contributed by atoms with Gasteiger partial charge in [0.2, 0.25) is 11.8 Å². The molecule has 0 bridgehead atoms. The molecule has 0 atom stereocenters. The van der Waals surface area contributed by atoms with Crippen LogP contribution in [0.25, 0.3) is 10.9 Å². The van der Waals surface area contributed by atoms with Crippen LogP contribution in [0.1, 0.15) is 25.7 Å². The molecule has 1 aliphatic heterocycles. The first-order valence-corrected chi connectivity index (χ1v) is 13.6. The van der Waals surface area contributed by atoms with Crippen molar-refractivity contribution in [1.82, 2.24) is 9.47 Å². The van der Waals surface area contributed by atoms with Gasteiger partial charge in [-0.1, -0.05) is 31.0 Å². The minimum absolute atomic E-state index is 0.0317. The molecule has 0 saturated carbocycles. The van der Waals surface area contributed by atoms with Crippen molar-refractivity contribution < 1.29 is 27.5 Å². The van der Waals surface area contributed by atoms with Crippen molar-refractivity contribution in [1.29, 1.82) is 0 Å². The highest BCUT2D eigenvalue weighted by Gasteiger charge is 2.26. The zero-order chi connectivity index (χ0) is 25.7. The Kier molecular flexibility index (Phi) is 7.83. The highest BCUT2D eigenvalue weighted by atomic mass is 32.2. The summed E-state index contributed by atoms with van der Waals surface area (Å²) in [4.78, 5) is 27.5. The van der Waals surface area contributed by atoms with E-state index in [1.807, 2.05) is 4.90 Å². The fraction of sp³-hybridized carbons (Fsp3) is 0.385. The van der Waals surface area contributed by atoms with E-state index in [-0.39, 0.29) is 17.3 Å². The van der Waals surface area contributed by atoms with Gasteiger partial charge in [-0.25, -0.2) is 8.42 Å². The number of aromatic nitrogens is 1. The van der Waals surface area contributed by atoms with Crippen LogP contribution in [0.15, 0.2) is 53.6 Å². The van der Waals surface area contributed by atoms with Crippen molar-refractivity contribution in [2.45, 2.75) is 37.1 Å². The molecule has 192 valence electrons. The van der Waals surface area contributed by atoms with Crippen LogP contribution in [-0.2, 0) is 26.0 Å². The third-order valence-electron chi connectivity index (χ3n) is 6.34. The van der Waals surface area contributed by atoms with Gasteiger partial charge >= 0.3 is 0 Å². The van der Waals surface area contributed by atoms with Crippen molar-refractivity contribution in [3.8, 4) is 11.5 Å². The number of benzene rings is 2. The van der Waals surface area contributed by atoms with Gasteiger partial charge in [-0.2, -0.15) is 0 Å². The molecule has 2 aromatic carbocycles. The molecule has 9 nitrogen and oxygen atoms in total. The molecule has 1 aromatic heterocycles. The Morgan fingerprint density at radius 2 is 1.64 bits per heavy atom. The van der Waals surface area contributed by atoms with Gasteiger partial charge < -0.3 is 24.3 Å². The van der Waals surface area contributed by atoms with Crippen LogP contribution in [0.5, 0.6) is 11.5 Å². The first kappa shape index (κ1) is 25.6.